The summed E-state index contributed by atoms with van der Waals surface area (Å²) in [7, 11) is 1.78. The largest absolute Gasteiger partial charge is 0.372 e. The Morgan fingerprint density at radius 2 is 1.55 bits per heavy atom. The second-order valence-electron chi connectivity index (χ2n) is 8.72. The molecule has 0 spiro atoms. The van der Waals surface area contributed by atoms with E-state index in [9.17, 15) is 4.21 Å². The minimum absolute atomic E-state index is 0.00836. The Balaban J connectivity index is 5.27. The third-order valence-corrected chi connectivity index (χ3v) is 5.40. The normalized spacial score (nSPS) is 19.3. The van der Waals surface area contributed by atoms with Gasteiger partial charge in [-0.05, 0) is 53.1 Å². The molecule has 0 fully saturated rings. The van der Waals surface area contributed by atoms with Crippen LogP contribution in [0.2, 0.25) is 0 Å². The molecule has 3 unspecified atom stereocenters. The van der Waals surface area contributed by atoms with Crippen LogP contribution in [0.25, 0.3) is 0 Å². The van der Waals surface area contributed by atoms with E-state index in [-0.39, 0.29) is 23.2 Å². The summed E-state index contributed by atoms with van der Waals surface area (Å²) in [6.45, 7) is 16.3. The molecule has 0 amide bonds. The fourth-order valence-electron chi connectivity index (χ4n) is 2.24. The fraction of sp³-hybridized carbons (Fsp3) is 0.941. The van der Waals surface area contributed by atoms with E-state index in [2.05, 4.69) is 59.2 Å². The van der Waals surface area contributed by atoms with Crippen LogP contribution in [0, 0.1) is 5.41 Å². The van der Waals surface area contributed by atoms with E-state index in [4.69, 9.17) is 4.74 Å². The first kappa shape index (κ1) is 21.9. The number of likely N-dealkylation sites (N-methyl/N-ethyl adjacent to an activating group) is 1. The SMILES string of the molecule is C=S(C)(=O)N(CC(CN(C)C)OC(C)C(C)(C)C)C(C)(C)C. The van der Waals surface area contributed by atoms with Crippen molar-refractivity contribution in [3.05, 3.63) is 0 Å². The zero-order valence-corrected chi connectivity index (χ0v) is 17.2. The maximum atomic E-state index is 12.6. The molecule has 0 aromatic rings. The Bertz CT molecular complexity index is 431. The van der Waals surface area contributed by atoms with Crippen LogP contribution in [0.5, 0.6) is 0 Å². The highest BCUT2D eigenvalue weighted by Crippen LogP contribution is 2.25. The van der Waals surface area contributed by atoms with Gasteiger partial charge in [0.25, 0.3) is 0 Å². The number of hydrogen-bond donors (Lipinski definition) is 0. The molecule has 0 aliphatic heterocycles. The van der Waals surface area contributed by atoms with Crippen molar-refractivity contribution in [1.29, 1.82) is 0 Å². The topological polar surface area (TPSA) is 32.8 Å². The summed E-state index contributed by atoms with van der Waals surface area (Å²) >= 11 is 0. The lowest BCUT2D eigenvalue weighted by molar-refractivity contribution is -0.0716. The number of nitrogens with zero attached hydrogens (tertiary/aromatic N) is 2. The van der Waals surface area contributed by atoms with Gasteiger partial charge in [-0.3, -0.25) is 4.21 Å². The third kappa shape index (κ3) is 7.95. The lowest BCUT2D eigenvalue weighted by Gasteiger charge is -2.40. The molecular weight excluding hydrogens is 296 g/mol. The average molecular weight is 335 g/mol. The smallest absolute Gasteiger partial charge is 0.0842 e. The van der Waals surface area contributed by atoms with E-state index in [1.54, 1.807) is 6.26 Å². The van der Waals surface area contributed by atoms with E-state index in [1.807, 2.05) is 18.4 Å². The minimum atomic E-state index is -2.29. The molecule has 0 aliphatic rings. The zero-order chi connectivity index (χ0) is 17.9. The van der Waals surface area contributed by atoms with Gasteiger partial charge in [0.15, 0.2) is 0 Å². The number of hydrogen-bond acceptors (Lipinski definition) is 3. The molecule has 22 heavy (non-hydrogen) atoms. The van der Waals surface area contributed by atoms with Gasteiger partial charge < -0.3 is 9.64 Å². The molecule has 0 aromatic carbocycles. The molecule has 134 valence electrons. The minimum Gasteiger partial charge on any atom is -0.372 e. The number of rotatable bonds is 7. The monoisotopic (exact) mass is 334 g/mol. The van der Waals surface area contributed by atoms with E-state index in [1.165, 1.54) is 0 Å². The van der Waals surface area contributed by atoms with Crippen molar-refractivity contribution in [2.24, 2.45) is 5.41 Å². The molecule has 0 bridgehead atoms. The lowest BCUT2D eigenvalue weighted by Crippen LogP contribution is -2.51. The van der Waals surface area contributed by atoms with Gasteiger partial charge in [0.2, 0.25) is 0 Å². The maximum absolute atomic E-state index is 12.6. The molecule has 5 heteroatoms. The summed E-state index contributed by atoms with van der Waals surface area (Å²) in [5.41, 5.74) is -0.137. The Hall–Kier alpha value is -0.100. The second kappa shape index (κ2) is 7.65. The van der Waals surface area contributed by atoms with Crippen LogP contribution >= 0.6 is 0 Å². The highest BCUT2D eigenvalue weighted by atomic mass is 32.2. The maximum Gasteiger partial charge on any atom is 0.0842 e. The van der Waals surface area contributed by atoms with Crippen molar-refractivity contribution in [1.82, 2.24) is 9.21 Å². The molecule has 3 atom stereocenters. The summed E-state index contributed by atoms with van der Waals surface area (Å²) in [6.07, 6.45) is 1.82. The van der Waals surface area contributed by atoms with Crippen molar-refractivity contribution >= 4 is 15.6 Å². The van der Waals surface area contributed by atoms with Gasteiger partial charge in [0, 0.05) is 34.6 Å². The van der Waals surface area contributed by atoms with E-state index in [0.717, 1.165) is 6.54 Å². The molecule has 4 nitrogen and oxygen atoms in total. The molecule has 0 radical (unpaired) electrons. The quantitative estimate of drug-likeness (QED) is 0.671. The summed E-state index contributed by atoms with van der Waals surface area (Å²) in [5.74, 6) is 3.88. The molecular formula is C17H38N2O2S. The molecule has 0 aliphatic carbocycles. The molecule has 0 rings (SSSR count). The Kier molecular flexibility index (Phi) is 7.61. The first-order chi connectivity index (χ1) is 9.55. The van der Waals surface area contributed by atoms with Crippen LogP contribution in [-0.2, 0) is 14.4 Å². The van der Waals surface area contributed by atoms with Crippen LogP contribution in [0.1, 0.15) is 48.5 Å². The summed E-state index contributed by atoms with van der Waals surface area (Å²) in [4.78, 5) is 2.11. The summed E-state index contributed by atoms with van der Waals surface area (Å²) < 4.78 is 20.9. The lowest BCUT2D eigenvalue weighted by atomic mass is 9.90. The first-order valence-corrected chi connectivity index (χ1v) is 10.0. The van der Waals surface area contributed by atoms with Gasteiger partial charge in [0.05, 0.1) is 12.2 Å². The predicted molar refractivity (Wildman–Crippen MR) is 100.0 cm³/mol. The zero-order valence-electron chi connectivity index (χ0n) is 16.4. The molecule has 0 saturated carbocycles. The highest BCUT2D eigenvalue weighted by Gasteiger charge is 2.31. The number of ether oxygens (including phenoxy) is 1. The van der Waals surface area contributed by atoms with Crippen LogP contribution in [-0.4, -0.2) is 70.5 Å². The van der Waals surface area contributed by atoms with Crippen LogP contribution in [0.15, 0.2) is 0 Å². The predicted octanol–water partition coefficient (Wildman–Crippen LogP) is 2.73. The summed E-state index contributed by atoms with van der Waals surface area (Å²) in [6, 6.07) is 0. The van der Waals surface area contributed by atoms with Crippen molar-refractivity contribution in [2.75, 3.05) is 33.4 Å². The van der Waals surface area contributed by atoms with Crippen LogP contribution in [0.4, 0.5) is 0 Å². The van der Waals surface area contributed by atoms with E-state index >= 15 is 0 Å². The molecule has 0 aromatic heterocycles. The van der Waals surface area contributed by atoms with Gasteiger partial charge in [-0.1, -0.05) is 20.8 Å². The van der Waals surface area contributed by atoms with Gasteiger partial charge in [-0.25, -0.2) is 4.31 Å². The first-order valence-electron chi connectivity index (χ1n) is 7.95. The molecule has 0 saturated heterocycles. The standard InChI is InChI=1S/C17H38N2O2S/c1-14(16(2,3)4)21-15(12-18(8)9)13-19(17(5,6)7)22(10,11)20/h14-15H,10,12-13H2,1-9,11H3. The molecule has 0 N–H and O–H groups in total. The van der Waals surface area contributed by atoms with Crippen molar-refractivity contribution in [2.45, 2.75) is 66.2 Å². The Morgan fingerprint density at radius 1 is 1.09 bits per heavy atom. The van der Waals surface area contributed by atoms with Gasteiger partial charge in [0.1, 0.15) is 0 Å². The van der Waals surface area contributed by atoms with Crippen LogP contribution < -0.4 is 0 Å². The second-order valence-corrected chi connectivity index (χ2v) is 11.1. The van der Waals surface area contributed by atoms with Crippen molar-refractivity contribution in [3.8, 4) is 0 Å². The Morgan fingerprint density at radius 3 is 1.82 bits per heavy atom. The third-order valence-electron chi connectivity index (χ3n) is 3.77. The fourth-order valence-corrected chi connectivity index (χ4v) is 3.88. The van der Waals surface area contributed by atoms with Gasteiger partial charge in [-0.15, -0.1) is 0 Å². The van der Waals surface area contributed by atoms with E-state index in [0.29, 0.717) is 6.54 Å². The van der Waals surface area contributed by atoms with Gasteiger partial charge >= 0.3 is 0 Å². The van der Waals surface area contributed by atoms with E-state index < -0.39 is 9.71 Å². The molecule has 0 heterocycles. The van der Waals surface area contributed by atoms with Gasteiger partial charge in [-0.2, -0.15) is 0 Å². The Labute approximate surface area is 139 Å². The van der Waals surface area contributed by atoms with Crippen molar-refractivity contribution in [3.63, 3.8) is 0 Å². The van der Waals surface area contributed by atoms with Crippen molar-refractivity contribution < 1.29 is 8.95 Å². The average Bonchev–Trinajstić information content (AvgIpc) is 2.19. The highest BCUT2D eigenvalue weighted by molar-refractivity contribution is 7.97. The summed E-state index contributed by atoms with van der Waals surface area (Å²) in [5, 5.41) is 0. The van der Waals surface area contributed by atoms with Crippen LogP contribution in [0.3, 0.4) is 0 Å².